The predicted molar refractivity (Wildman–Crippen MR) is 161 cm³/mol. The molecule has 8 heteroatoms. The van der Waals surface area contributed by atoms with Gasteiger partial charge in [-0.05, 0) is 89.8 Å². The Balaban J connectivity index is 1.72. The highest BCUT2D eigenvalue weighted by Crippen LogP contribution is 2.45. The van der Waals surface area contributed by atoms with Crippen molar-refractivity contribution in [3.63, 3.8) is 0 Å². The van der Waals surface area contributed by atoms with Gasteiger partial charge in [0.05, 0.1) is 29.4 Å². The van der Waals surface area contributed by atoms with Gasteiger partial charge in [-0.2, -0.15) is 5.26 Å². The van der Waals surface area contributed by atoms with Gasteiger partial charge in [-0.1, -0.05) is 24.3 Å². The molecule has 3 aromatic rings. The maximum atomic E-state index is 13.2. The van der Waals surface area contributed by atoms with Crippen molar-refractivity contribution in [3.8, 4) is 22.9 Å². The highest BCUT2D eigenvalue weighted by Gasteiger charge is 2.37. The van der Waals surface area contributed by atoms with E-state index in [1.807, 2.05) is 65.8 Å². The second kappa shape index (κ2) is 12.5. The third-order valence-electron chi connectivity index (χ3n) is 7.71. The van der Waals surface area contributed by atoms with Gasteiger partial charge in [0, 0.05) is 42.0 Å². The second-order valence-electron chi connectivity index (χ2n) is 12.3. The number of halogens is 1. The Bertz CT molecular complexity index is 1450. The normalized spacial score (nSPS) is 15.6. The van der Waals surface area contributed by atoms with Crippen molar-refractivity contribution in [1.82, 2.24) is 4.98 Å². The van der Waals surface area contributed by atoms with Crippen LogP contribution in [0.5, 0.6) is 5.75 Å². The van der Waals surface area contributed by atoms with Crippen molar-refractivity contribution in [1.29, 1.82) is 5.26 Å². The van der Waals surface area contributed by atoms with Crippen LogP contribution in [0, 0.1) is 36.4 Å². The number of carbonyl (C=O) groups is 1. The Morgan fingerprint density at radius 1 is 1.10 bits per heavy atom. The summed E-state index contributed by atoms with van der Waals surface area (Å²) in [5, 5.41) is 20.1. The minimum absolute atomic E-state index is 0.262. The van der Waals surface area contributed by atoms with E-state index in [9.17, 15) is 19.6 Å². The molecule has 0 radical (unpaired) electrons. The summed E-state index contributed by atoms with van der Waals surface area (Å²) >= 11 is 0. The second-order valence-corrected chi connectivity index (χ2v) is 12.3. The number of anilines is 1. The minimum atomic E-state index is -1.22. The highest BCUT2D eigenvalue weighted by atomic mass is 19.1. The number of pyridine rings is 1. The Labute approximate surface area is 247 Å². The van der Waals surface area contributed by atoms with Gasteiger partial charge in [0.1, 0.15) is 11.6 Å². The number of aliphatic carboxylic acids is 1. The first-order valence-electron chi connectivity index (χ1n) is 14.4. The number of benzene rings is 2. The van der Waals surface area contributed by atoms with E-state index in [1.54, 1.807) is 12.1 Å². The molecule has 1 aliphatic heterocycles. The molecule has 2 aromatic carbocycles. The van der Waals surface area contributed by atoms with Gasteiger partial charge in [-0.25, -0.2) is 9.18 Å². The van der Waals surface area contributed by atoms with Crippen LogP contribution < -0.4 is 9.64 Å². The summed E-state index contributed by atoms with van der Waals surface area (Å²) < 4.78 is 25.3. The van der Waals surface area contributed by atoms with Crippen LogP contribution in [0.1, 0.15) is 69.2 Å². The first-order chi connectivity index (χ1) is 19.8. The maximum absolute atomic E-state index is 13.2. The van der Waals surface area contributed by atoms with E-state index in [-0.39, 0.29) is 5.82 Å². The van der Waals surface area contributed by atoms with Crippen LogP contribution in [0.4, 0.5) is 10.1 Å². The number of rotatable bonds is 9. The molecule has 1 atom stereocenters. The highest BCUT2D eigenvalue weighted by molar-refractivity contribution is 5.88. The van der Waals surface area contributed by atoms with Gasteiger partial charge in [-0.15, -0.1) is 0 Å². The van der Waals surface area contributed by atoms with Crippen LogP contribution in [0.25, 0.3) is 11.1 Å². The Hall–Kier alpha value is -3.96. The molecule has 222 valence electrons. The van der Waals surface area contributed by atoms with Crippen LogP contribution in [0.15, 0.2) is 48.5 Å². The molecule has 42 heavy (non-hydrogen) atoms. The molecule has 1 aliphatic rings. The van der Waals surface area contributed by atoms with E-state index in [4.69, 9.17) is 14.5 Å². The average Bonchev–Trinajstić information content (AvgIpc) is 2.93. The summed E-state index contributed by atoms with van der Waals surface area (Å²) in [7, 11) is 0. The van der Waals surface area contributed by atoms with Crippen LogP contribution >= 0.6 is 0 Å². The number of aryl methyl sites for hydroxylation is 2. The van der Waals surface area contributed by atoms with Gasteiger partial charge in [-0.3, -0.25) is 4.98 Å². The number of nitrogens with zero attached hydrogens (tertiary/aromatic N) is 3. The van der Waals surface area contributed by atoms with Crippen molar-refractivity contribution in [2.75, 3.05) is 24.6 Å². The lowest BCUT2D eigenvalue weighted by molar-refractivity contribution is -0.160. The number of nitriles is 1. The zero-order valence-corrected chi connectivity index (χ0v) is 25.3. The molecule has 0 bridgehead atoms. The average molecular weight is 574 g/mol. The predicted octanol–water partition coefficient (Wildman–Crippen LogP) is 7.20. The summed E-state index contributed by atoms with van der Waals surface area (Å²) in [6.45, 7) is 12.9. The van der Waals surface area contributed by atoms with Gasteiger partial charge >= 0.3 is 5.97 Å². The fraction of sp³-hybridized carbons (Fsp3) is 0.441. The molecule has 0 saturated carbocycles. The quantitative estimate of drug-likeness (QED) is 0.289. The fourth-order valence-corrected chi connectivity index (χ4v) is 5.41. The summed E-state index contributed by atoms with van der Waals surface area (Å²) in [5.41, 5.74) is 4.32. The number of carboxylic acids is 1. The van der Waals surface area contributed by atoms with Gasteiger partial charge in [0.2, 0.25) is 0 Å². The van der Waals surface area contributed by atoms with E-state index in [1.165, 1.54) is 12.1 Å². The zero-order valence-electron chi connectivity index (χ0n) is 25.3. The van der Waals surface area contributed by atoms with Gasteiger partial charge in [0.15, 0.2) is 6.10 Å². The van der Waals surface area contributed by atoms with Gasteiger partial charge in [0.25, 0.3) is 0 Å². The van der Waals surface area contributed by atoms with Crippen LogP contribution in [0.2, 0.25) is 0 Å². The Morgan fingerprint density at radius 3 is 2.26 bits per heavy atom. The third kappa shape index (κ3) is 7.27. The molecule has 1 aromatic heterocycles. The summed E-state index contributed by atoms with van der Waals surface area (Å²) in [4.78, 5) is 19.7. The van der Waals surface area contributed by atoms with E-state index in [2.05, 4.69) is 11.0 Å². The molecule has 7 nitrogen and oxygen atoms in total. The molecule has 0 spiro atoms. The number of hydrogen-bond acceptors (Lipinski definition) is 6. The fourth-order valence-electron chi connectivity index (χ4n) is 5.41. The van der Waals surface area contributed by atoms with E-state index in [0.29, 0.717) is 56.0 Å². The van der Waals surface area contributed by atoms with Crippen LogP contribution in [0.3, 0.4) is 0 Å². The summed E-state index contributed by atoms with van der Waals surface area (Å²) in [6.07, 6.45) is 0.769. The number of hydrogen-bond donors (Lipinski definition) is 1. The first-order valence-corrected chi connectivity index (χ1v) is 14.4. The molecular formula is C34H40FN3O4. The molecule has 1 saturated heterocycles. The minimum Gasteiger partial charge on any atom is -0.493 e. The van der Waals surface area contributed by atoms with E-state index >= 15 is 0 Å². The number of piperidine rings is 1. The van der Waals surface area contributed by atoms with Crippen LogP contribution in [-0.2, 0) is 16.0 Å². The summed E-state index contributed by atoms with van der Waals surface area (Å²) in [5.74, 6) is -0.640. The monoisotopic (exact) mass is 573 g/mol. The lowest BCUT2D eigenvalue weighted by Gasteiger charge is -2.40. The summed E-state index contributed by atoms with van der Waals surface area (Å²) in [6, 6.07) is 16.6. The Kier molecular flexibility index (Phi) is 9.22. The molecule has 1 N–H and O–H groups in total. The molecular weight excluding hydrogens is 533 g/mol. The van der Waals surface area contributed by atoms with E-state index < -0.39 is 23.1 Å². The van der Waals surface area contributed by atoms with Crippen molar-refractivity contribution in [3.05, 3.63) is 76.9 Å². The molecule has 4 rings (SSSR count). The lowest BCUT2D eigenvalue weighted by Crippen LogP contribution is -2.40. The van der Waals surface area contributed by atoms with Crippen molar-refractivity contribution in [2.24, 2.45) is 5.41 Å². The SMILES string of the molecule is Cc1nc(C)c([C@H](OC(C)(C)C)C(=O)O)c(N2CCC(C)(C#N)CC2)c1-c1ccc(OCCc2ccc(F)cc2)cc1. The topological polar surface area (TPSA) is 95.7 Å². The van der Waals surface area contributed by atoms with Crippen molar-refractivity contribution >= 4 is 11.7 Å². The molecule has 1 fully saturated rings. The first kappa shape index (κ1) is 31.0. The van der Waals surface area contributed by atoms with Crippen molar-refractivity contribution < 1.29 is 23.8 Å². The standard InChI is InChI=1S/C34H40FN3O4/c1-22-28(25-9-13-27(14-10-25)41-20-15-24-7-11-26(35)12-8-24)30(38-18-16-34(6,21-36)17-19-38)29(23(2)37-22)31(32(39)40)42-33(3,4)5/h7-14,31H,15-20H2,1-6H3,(H,39,40)/t31-/m0/s1. The molecule has 0 aliphatic carbocycles. The molecule has 2 heterocycles. The maximum Gasteiger partial charge on any atom is 0.337 e. The Morgan fingerprint density at radius 2 is 1.71 bits per heavy atom. The number of ether oxygens (including phenoxy) is 2. The van der Waals surface area contributed by atoms with Crippen LogP contribution in [-0.4, -0.2) is 41.4 Å². The smallest absolute Gasteiger partial charge is 0.337 e. The van der Waals surface area contributed by atoms with Crippen molar-refractivity contribution in [2.45, 2.75) is 72.5 Å². The van der Waals surface area contributed by atoms with Gasteiger partial charge < -0.3 is 19.5 Å². The zero-order chi connectivity index (χ0) is 30.7. The number of carboxylic acid groups (broad SMARTS) is 1. The third-order valence-corrected chi connectivity index (χ3v) is 7.71. The lowest BCUT2D eigenvalue weighted by atomic mass is 9.81. The largest absolute Gasteiger partial charge is 0.493 e. The van der Waals surface area contributed by atoms with E-state index in [0.717, 1.165) is 28.1 Å². The molecule has 0 unspecified atom stereocenters. The molecule has 0 amide bonds. The number of aromatic nitrogens is 1.